The van der Waals surface area contributed by atoms with E-state index < -0.39 is 0 Å². The molecule has 0 N–H and O–H groups in total. The molecule has 0 heterocycles. The van der Waals surface area contributed by atoms with Crippen LogP contribution in [0.1, 0.15) is 53.9 Å². The summed E-state index contributed by atoms with van der Waals surface area (Å²) in [4.78, 5) is 2.50. The average Bonchev–Trinajstić information content (AvgIpc) is 2.81. The van der Waals surface area contributed by atoms with Gasteiger partial charge in [-0.15, -0.1) is 0 Å². The molecular formula is C16H31N. The first-order valence-corrected chi connectivity index (χ1v) is 7.38. The second-order valence-electron chi connectivity index (χ2n) is 6.11. The lowest BCUT2D eigenvalue weighted by Crippen LogP contribution is -2.40. The van der Waals surface area contributed by atoms with Crippen LogP contribution in [0.5, 0.6) is 0 Å². The number of hydrogen-bond donors (Lipinski definition) is 0. The minimum absolute atomic E-state index is 0.668. The zero-order chi connectivity index (χ0) is 13.0. The van der Waals surface area contributed by atoms with Crippen LogP contribution in [0, 0.1) is 17.8 Å². The molecule has 1 aliphatic rings. The Morgan fingerprint density at radius 1 is 1.24 bits per heavy atom. The standard InChI is InChI=1S/C16H31N/c1-7-17(6)14(5)16(13(4)12(2)3)15-10-8-9-11-15/h10,12-14,16H,7-9,11H2,1-6H3. The van der Waals surface area contributed by atoms with Crippen molar-refractivity contribution in [1.82, 2.24) is 4.90 Å². The van der Waals surface area contributed by atoms with Crippen LogP contribution in [0.3, 0.4) is 0 Å². The van der Waals surface area contributed by atoms with E-state index in [1.165, 1.54) is 19.3 Å². The smallest absolute Gasteiger partial charge is 0.0132 e. The summed E-state index contributed by atoms with van der Waals surface area (Å²) in [5, 5.41) is 0. The predicted molar refractivity (Wildman–Crippen MR) is 77.2 cm³/mol. The summed E-state index contributed by atoms with van der Waals surface area (Å²) in [5.74, 6) is 2.31. The molecular weight excluding hydrogens is 206 g/mol. The fraction of sp³-hybridized carbons (Fsp3) is 0.875. The molecule has 0 spiro atoms. The van der Waals surface area contributed by atoms with Gasteiger partial charge in [-0.2, -0.15) is 0 Å². The van der Waals surface area contributed by atoms with E-state index >= 15 is 0 Å². The van der Waals surface area contributed by atoms with Gasteiger partial charge in [-0.1, -0.05) is 39.3 Å². The second kappa shape index (κ2) is 6.58. The highest BCUT2D eigenvalue weighted by atomic mass is 15.1. The third kappa shape index (κ3) is 3.58. The molecule has 17 heavy (non-hydrogen) atoms. The first-order valence-electron chi connectivity index (χ1n) is 7.38. The Bertz CT molecular complexity index is 254. The summed E-state index contributed by atoms with van der Waals surface area (Å²) in [6.07, 6.45) is 6.53. The molecule has 0 radical (unpaired) electrons. The molecule has 0 aromatic rings. The lowest BCUT2D eigenvalue weighted by molar-refractivity contribution is 0.155. The Labute approximate surface area is 108 Å². The molecule has 0 bridgehead atoms. The SMILES string of the molecule is CCN(C)C(C)C(C1=CCCC1)C(C)C(C)C. The van der Waals surface area contributed by atoms with Crippen LogP contribution in [-0.2, 0) is 0 Å². The van der Waals surface area contributed by atoms with Crippen LogP contribution in [0.4, 0.5) is 0 Å². The van der Waals surface area contributed by atoms with Crippen molar-refractivity contribution in [3.05, 3.63) is 11.6 Å². The molecule has 1 heteroatoms. The van der Waals surface area contributed by atoms with Gasteiger partial charge in [0.25, 0.3) is 0 Å². The Hall–Kier alpha value is -0.300. The van der Waals surface area contributed by atoms with Crippen molar-refractivity contribution in [3.63, 3.8) is 0 Å². The van der Waals surface area contributed by atoms with Crippen molar-refractivity contribution in [2.45, 2.75) is 59.9 Å². The van der Waals surface area contributed by atoms with E-state index in [1.54, 1.807) is 5.57 Å². The van der Waals surface area contributed by atoms with Crippen LogP contribution in [0.15, 0.2) is 11.6 Å². The summed E-state index contributed by atoms with van der Waals surface area (Å²) in [6.45, 7) is 13.0. The normalized spacial score (nSPS) is 21.8. The van der Waals surface area contributed by atoms with Crippen LogP contribution in [0.25, 0.3) is 0 Å². The van der Waals surface area contributed by atoms with E-state index in [1.807, 2.05) is 0 Å². The summed E-state index contributed by atoms with van der Waals surface area (Å²) in [7, 11) is 2.26. The second-order valence-corrected chi connectivity index (χ2v) is 6.11. The monoisotopic (exact) mass is 237 g/mol. The zero-order valence-corrected chi connectivity index (χ0v) is 12.7. The van der Waals surface area contributed by atoms with Gasteiger partial charge < -0.3 is 4.90 Å². The molecule has 1 rings (SSSR count). The van der Waals surface area contributed by atoms with Gasteiger partial charge in [0.05, 0.1) is 0 Å². The van der Waals surface area contributed by atoms with E-state index in [9.17, 15) is 0 Å². The highest BCUT2D eigenvalue weighted by molar-refractivity contribution is 5.15. The van der Waals surface area contributed by atoms with E-state index in [2.05, 4.69) is 52.6 Å². The number of hydrogen-bond acceptors (Lipinski definition) is 1. The van der Waals surface area contributed by atoms with Gasteiger partial charge in [0.2, 0.25) is 0 Å². The highest BCUT2D eigenvalue weighted by Gasteiger charge is 2.31. The van der Waals surface area contributed by atoms with Crippen molar-refractivity contribution < 1.29 is 0 Å². The van der Waals surface area contributed by atoms with Gasteiger partial charge >= 0.3 is 0 Å². The molecule has 0 saturated heterocycles. The Kier molecular flexibility index (Phi) is 5.72. The number of nitrogens with zero attached hydrogens (tertiary/aromatic N) is 1. The fourth-order valence-electron chi connectivity index (χ4n) is 3.06. The maximum atomic E-state index is 2.52. The van der Waals surface area contributed by atoms with E-state index in [4.69, 9.17) is 0 Å². The maximum Gasteiger partial charge on any atom is 0.0132 e. The summed E-state index contributed by atoms with van der Waals surface area (Å²) in [5.41, 5.74) is 1.74. The van der Waals surface area contributed by atoms with E-state index in [0.717, 1.165) is 24.3 Å². The van der Waals surface area contributed by atoms with Crippen LogP contribution < -0.4 is 0 Å². The number of rotatable bonds is 6. The molecule has 0 aromatic carbocycles. The topological polar surface area (TPSA) is 3.24 Å². The van der Waals surface area contributed by atoms with Crippen LogP contribution in [0.2, 0.25) is 0 Å². The van der Waals surface area contributed by atoms with Gasteiger partial charge in [0, 0.05) is 6.04 Å². The molecule has 1 nitrogen and oxygen atoms in total. The average molecular weight is 237 g/mol. The van der Waals surface area contributed by atoms with Crippen molar-refractivity contribution in [3.8, 4) is 0 Å². The lowest BCUT2D eigenvalue weighted by atomic mass is 9.75. The number of allylic oxidation sites excluding steroid dienone is 1. The van der Waals surface area contributed by atoms with Gasteiger partial charge in [0.15, 0.2) is 0 Å². The van der Waals surface area contributed by atoms with Gasteiger partial charge in [-0.25, -0.2) is 0 Å². The molecule has 0 saturated carbocycles. The molecule has 0 aromatic heterocycles. The van der Waals surface area contributed by atoms with Crippen molar-refractivity contribution in [2.75, 3.05) is 13.6 Å². The Balaban J connectivity index is 2.85. The fourth-order valence-corrected chi connectivity index (χ4v) is 3.06. The van der Waals surface area contributed by atoms with E-state index in [-0.39, 0.29) is 0 Å². The van der Waals surface area contributed by atoms with Crippen molar-refractivity contribution in [2.24, 2.45) is 17.8 Å². The van der Waals surface area contributed by atoms with Gasteiger partial charge in [-0.05, 0) is 57.5 Å². The lowest BCUT2D eigenvalue weighted by Gasteiger charge is -2.38. The molecule has 3 unspecified atom stereocenters. The van der Waals surface area contributed by atoms with Crippen LogP contribution >= 0.6 is 0 Å². The predicted octanol–water partition coefficient (Wildman–Crippen LogP) is 4.35. The Morgan fingerprint density at radius 3 is 2.29 bits per heavy atom. The molecule has 0 fully saturated rings. The summed E-state index contributed by atoms with van der Waals surface area (Å²) in [6, 6.07) is 0.668. The third-order valence-electron chi connectivity index (χ3n) is 4.84. The van der Waals surface area contributed by atoms with Gasteiger partial charge in [0.1, 0.15) is 0 Å². The highest BCUT2D eigenvalue weighted by Crippen LogP contribution is 2.37. The van der Waals surface area contributed by atoms with E-state index in [0.29, 0.717) is 6.04 Å². The largest absolute Gasteiger partial charge is 0.303 e. The molecule has 0 aliphatic heterocycles. The zero-order valence-electron chi connectivity index (χ0n) is 12.7. The minimum atomic E-state index is 0.668. The van der Waals surface area contributed by atoms with Crippen molar-refractivity contribution in [1.29, 1.82) is 0 Å². The quantitative estimate of drug-likeness (QED) is 0.621. The van der Waals surface area contributed by atoms with Crippen molar-refractivity contribution >= 4 is 0 Å². The maximum absolute atomic E-state index is 2.52. The summed E-state index contributed by atoms with van der Waals surface area (Å²) < 4.78 is 0. The van der Waals surface area contributed by atoms with Gasteiger partial charge in [-0.3, -0.25) is 0 Å². The Morgan fingerprint density at radius 2 is 1.88 bits per heavy atom. The molecule has 100 valence electrons. The van der Waals surface area contributed by atoms with Crippen LogP contribution in [-0.4, -0.2) is 24.5 Å². The molecule has 3 atom stereocenters. The first kappa shape index (κ1) is 14.8. The molecule has 1 aliphatic carbocycles. The molecule has 0 amide bonds. The summed E-state index contributed by atoms with van der Waals surface area (Å²) >= 11 is 0. The first-order chi connectivity index (χ1) is 7.99. The minimum Gasteiger partial charge on any atom is -0.303 e. The third-order valence-corrected chi connectivity index (χ3v) is 4.84.